The number of likely N-dealkylation sites (tertiary alicyclic amines) is 1. The zero-order valence-corrected chi connectivity index (χ0v) is 8.95. The van der Waals surface area contributed by atoms with Crippen LogP contribution in [0.5, 0.6) is 0 Å². The van der Waals surface area contributed by atoms with Gasteiger partial charge in [-0.05, 0) is 32.5 Å². The Bertz CT molecular complexity index is 244. The predicted octanol–water partition coefficient (Wildman–Crippen LogP) is -1.28. The summed E-state index contributed by atoms with van der Waals surface area (Å²) < 4.78 is 0. The van der Waals surface area contributed by atoms with E-state index >= 15 is 0 Å². The average Bonchev–Trinajstić information content (AvgIpc) is 2.51. The van der Waals surface area contributed by atoms with Gasteiger partial charge in [-0.1, -0.05) is 0 Å². The molecule has 1 unspecified atom stereocenters. The summed E-state index contributed by atoms with van der Waals surface area (Å²) in [4.78, 5) is 23.6. The van der Waals surface area contributed by atoms with Crippen molar-refractivity contribution in [2.24, 2.45) is 11.7 Å². The van der Waals surface area contributed by atoms with Crippen molar-refractivity contribution in [2.45, 2.75) is 6.42 Å². The summed E-state index contributed by atoms with van der Waals surface area (Å²) >= 11 is 0. The fourth-order valence-electron chi connectivity index (χ4n) is 1.89. The van der Waals surface area contributed by atoms with E-state index in [1.54, 1.807) is 0 Å². The number of imide groups is 1. The maximum atomic E-state index is 11.2. The van der Waals surface area contributed by atoms with E-state index in [4.69, 9.17) is 5.73 Å². The van der Waals surface area contributed by atoms with Crippen LogP contribution in [0.2, 0.25) is 0 Å². The molecule has 1 atom stereocenters. The van der Waals surface area contributed by atoms with Crippen molar-refractivity contribution in [3.63, 3.8) is 0 Å². The second-order valence-electron chi connectivity index (χ2n) is 3.86. The molecule has 0 aliphatic carbocycles. The third kappa shape index (κ3) is 4.26. The van der Waals surface area contributed by atoms with Crippen LogP contribution in [0, 0.1) is 5.92 Å². The number of nitrogens with zero attached hydrogens (tertiary/aromatic N) is 1. The summed E-state index contributed by atoms with van der Waals surface area (Å²) in [5.74, 6) is 0.268. The van der Waals surface area contributed by atoms with Crippen LogP contribution in [0.25, 0.3) is 0 Å². The number of urea groups is 1. The third-order valence-corrected chi connectivity index (χ3v) is 2.49. The first kappa shape index (κ1) is 11.9. The molecule has 1 aliphatic rings. The normalized spacial score (nSPS) is 21.5. The van der Waals surface area contributed by atoms with Gasteiger partial charge in [0, 0.05) is 6.54 Å². The Hall–Kier alpha value is -1.14. The lowest BCUT2D eigenvalue weighted by atomic mass is 10.1. The highest BCUT2D eigenvalue weighted by molar-refractivity contribution is 5.94. The van der Waals surface area contributed by atoms with Crippen molar-refractivity contribution in [2.75, 3.05) is 33.2 Å². The summed E-state index contributed by atoms with van der Waals surface area (Å²) in [5, 5.41) is 5.17. The van der Waals surface area contributed by atoms with Gasteiger partial charge in [0.15, 0.2) is 0 Å². The van der Waals surface area contributed by atoms with E-state index in [1.807, 2.05) is 11.9 Å². The number of nitrogens with two attached hydrogens (primary N) is 1. The first-order valence-corrected chi connectivity index (χ1v) is 5.08. The van der Waals surface area contributed by atoms with Crippen molar-refractivity contribution < 1.29 is 9.59 Å². The number of primary amides is 1. The smallest absolute Gasteiger partial charge is 0.318 e. The summed E-state index contributed by atoms with van der Waals surface area (Å²) in [6.07, 6.45) is 1.09. The van der Waals surface area contributed by atoms with Gasteiger partial charge in [-0.25, -0.2) is 4.79 Å². The van der Waals surface area contributed by atoms with E-state index in [1.165, 1.54) is 0 Å². The summed E-state index contributed by atoms with van der Waals surface area (Å²) in [6.45, 7) is 3.02. The number of amides is 3. The first-order valence-electron chi connectivity index (χ1n) is 5.08. The molecule has 1 heterocycles. The van der Waals surface area contributed by atoms with Gasteiger partial charge in [0.25, 0.3) is 0 Å². The minimum Gasteiger partial charge on any atom is -0.351 e. The van der Waals surface area contributed by atoms with Crippen LogP contribution >= 0.6 is 0 Å². The van der Waals surface area contributed by atoms with Crippen LogP contribution in [0.15, 0.2) is 0 Å². The Kier molecular flexibility index (Phi) is 4.51. The van der Waals surface area contributed by atoms with Crippen LogP contribution < -0.4 is 16.4 Å². The molecule has 1 aliphatic heterocycles. The van der Waals surface area contributed by atoms with Gasteiger partial charge in [-0.3, -0.25) is 15.0 Å². The van der Waals surface area contributed by atoms with Gasteiger partial charge in [0.2, 0.25) is 5.91 Å². The summed E-state index contributed by atoms with van der Waals surface area (Å²) in [6, 6.07) is -0.786. The summed E-state index contributed by atoms with van der Waals surface area (Å²) in [7, 11) is 1.92. The lowest BCUT2D eigenvalue weighted by Crippen LogP contribution is -2.41. The van der Waals surface area contributed by atoms with E-state index < -0.39 is 6.03 Å². The molecular formula is C9H18N4O2. The van der Waals surface area contributed by atoms with Gasteiger partial charge in [0.05, 0.1) is 6.54 Å². The van der Waals surface area contributed by atoms with Crippen LogP contribution in [-0.2, 0) is 4.79 Å². The van der Waals surface area contributed by atoms with Crippen molar-refractivity contribution in [3.05, 3.63) is 0 Å². The molecule has 86 valence electrons. The fourth-order valence-corrected chi connectivity index (χ4v) is 1.89. The highest BCUT2D eigenvalue weighted by atomic mass is 16.2. The Morgan fingerprint density at radius 3 is 2.87 bits per heavy atom. The minimum atomic E-state index is -0.786. The van der Waals surface area contributed by atoms with Gasteiger partial charge in [-0.2, -0.15) is 0 Å². The van der Waals surface area contributed by atoms with Crippen LogP contribution in [0.1, 0.15) is 6.42 Å². The maximum absolute atomic E-state index is 11.2. The van der Waals surface area contributed by atoms with Crippen molar-refractivity contribution >= 4 is 11.9 Å². The maximum Gasteiger partial charge on any atom is 0.318 e. The second kappa shape index (κ2) is 5.67. The Balaban J connectivity index is 2.23. The quantitative estimate of drug-likeness (QED) is 0.544. The zero-order valence-electron chi connectivity index (χ0n) is 8.95. The van der Waals surface area contributed by atoms with Gasteiger partial charge in [0.1, 0.15) is 0 Å². The Labute approximate surface area is 89.2 Å². The molecule has 0 saturated carbocycles. The van der Waals surface area contributed by atoms with Gasteiger partial charge < -0.3 is 11.1 Å². The third-order valence-electron chi connectivity index (χ3n) is 2.49. The standard InChI is InChI=1S/C9H18N4O2/c1-11-4-7-2-3-13(5-7)6-8(14)12-9(10)15/h7,11H,2-6H2,1H3,(H3,10,12,14,15). The topological polar surface area (TPSA) is 87.5 Å². The van der Waals surface area contributed by atoms with Gasteiger partial charge in [-0.15, -0.1) is 0 Å². The molecule has 15 heavy (non-hydrogen) atoms. The van der Waals surface area contributed by atoms with E-state index in [-0.39, 0.29) is 12.5 Å². The molecule has 0 bridgehead atoms. The van der Waals surface area contributed by atoms with Gasteiger partial charge >= 0.3 is 6.03 Å². The molecule has 6 heteroatoms. The van der Waals surface area contributed by atoms with Crippen LogP contribution in [-0.4, -0.2) is 50.1 Å². The molecule has 1 rings (SSSR count). The van der Waals surface area contributed by atoms with E-state index in [9.17, 15) is 9.59 Å². The largest absolute Gasteiger partial charge is 0.351 e. The predicted molar refractivity (Wildman–Crippen MR) is 56.2 cm³/mol. The molecule has 0 aromatic heterocycles. The number of carbonyl (C=O) groups is 2. The molecule has 0 aromatic carbocycles. The highest BCUT2D eigenvalue weighted by Crippen LogP contribution is 2.14. The van der Waals surface area contributed by atoms with E-state index in [2.05, 4.69) is 10.6 Å². The van der Waals surface area contributed by atoms with E-state index in [0.29, 0.717) is 5.92 Å². The van der Waals surface area contributed by atoms with Crippen molar-refractivity contribution in [1.29, 1.82) is 0 Å². The highest BCUT2D eigenvalue weighted by Gasteiger charge is 2.23. The molecule has 3 amide bonds. The molecule has 1 fully saturated rings. The Morgan fingerprint density at radius 1 is 1.53 bits per heavy atom. The molecule has 4 N–H and O–H groups in total. The average molecular weight is 214 g/mol. The lowest BCUT2D eigenvalue weighted by molar-refractivity contribution is -0.120. The van der Waals surface area contributed by atoms with Crippen LogP contribution in [0.3, 0.4) is 0 Å². The molecule has 0 spiro atoms. The number of carbonyl (C=O) groups excluding carboxylic acids is 2. The molecule has 0 aromatic rings. The SMILES string of the molecule is CNCC1CCN(CC(=O)NC(N)=O)C1. The molecule has 0 radical (unpaired) electrons. The summed E-state index contributed by atoms with van der Waals surface area (Å²) in [5.41, 5.74) is 4.84. The minimum absolute atomic E-state index is 0.253. The first-order chi connectivity index (χ1) is 7.11. The zero-order chi connectivity index (χ0) is 11.3. The van der Waals surface area contributed by atoms with Crippen LogP contribution in [0.4, 0.5) is 4.79 Å². The molecule has 1 saturated heterocycles. The molecule has 6 nitrogen and oxygen atoms in total. The Morgan fingerprint density at radius 2 is 2.27 bits per heavy atom. The lowest BCUT2D eigenvalue weighted by Gasteiger charge is -2.14. The monoisotopic (exact) mass is 214 g/mol. The number of hydrogen-bond acceptors (Lipinski definition) is 4. The van der Waals surface area contributed by atoms with E-state index in [0.717, 1.165) is 26.1 Å². The number of nitrogens with one attached hydrogen (secondary N) is 2. The number of rotatable bonds is 4. The fraction of sp³-hybridized carbons (Fsp3) is 0.778. The molecular weight excluding hydrogens is 196 g/mol. The second-order valence-corrected chi connectivity index (χ2v) is 3.86. The number of hydrogen-bond donors (Lipinski definition) is 3. The van der Waals surface area contributed by atoms with Crippen molar-refractivity contribution in [3.8, 4) is 0 Å². The van der Waals surface area contributed by atoms with Crippen molar-refractivity contribution in [1.82, 2.24) is 15.5 Å².